The zero-order chi connectivity index (χ0) is 18.6. The summed E-state index contributed by atoms with van der Waals surface area (Å²) in [5.41, 5.74) is 1.13. The van der Waals surface area contributed by atoms with Crippen molar-refractivity contribution in [3.05, 3.63) is 42.0 Å². The van der Waals surface area contributed by atoms with E-state index in [1.54, 1.807) is 7.11 Å². The van der Waals surface area contributed by atoms with Crippen LogP contribution in [0.25, 0.3) is 0 Å². The maximum atomic E-state index is 12.6. The highest BCUT2D eigenvalue weighted by molar-refractivity contribution is 5.80. The van der Waals surface area contributed by atoms with E-state index in [9.17, 15) is 9.59 Å². The van der Waals surface area contributed by atoms with Crippen molar-refractivity contribution in [1.82, 2.24) is 9.80 Å². The summed E-state index contributed by atoms with van der Waals surface area (Å²) in [6.07, 6.45) is 6.72. The summed E-state index contributed by atoms with van der Waals surface area (Å²) >= 11 is 0. The molecule has 2 saturated heterocycles. The van der Waals surface area contributed by atoms with Crippen molar-refractivity contribution in [1.29, 1.82) is 0 Å². The average molecular weight is 356 g/mol. The molecule has 2 amide bonds. The number of carbonyl (C=O) groups is 2. The molecule has 0 aromatic heterocycles. The van der Waals surface area contributed by atoms with Crippen molar-refractivity contribution in [3.8, 4) is 5.75 Å². The van der Waals surface area contributed by atoms with Gasteiger partial charge in [-0.1, -0.05) is 24.3 Å². The number of likely N-dealkylation sites (tertiary alicyclic amines) is 2. The van der Waals surface area contributed by atoms with Gasteiger partial charge in [0, 0.05) is 44.4 Å². The van der Waals surface area contributed by atoms with Crippen LogP contribution in [-0.2, 0) is 16.1 Å². The van der Waals surface area contributed by atoms with Crippen LogP contribution in [0.1, 0.15) is 38.2 Å². The SMILES string of the molecule is CC=CCC(=O)N1CCC2(CC1)CC(=O)N(Cc1cccc(OC)c1)C2. The van der Waals surface area contributed by atoms with Gasteiger partial charge in [0.25, 0.3) is 0 Å². The highest BCUT2D eigenvalue weighted by Crippen LogP contribution is 2.41. The molecule has 2 heterocycles. The predicted molar refractivity (Wildman–Crippen MR) is 101 cm³/mol. The predicted octanol–water partition coefficient (Wildman–Crippen LogP) is 3.00. The Hall–Kier alpha value is -2.30. The summed E-state index contributed by atoms with van der Waals surface area (Å²) in [5.74, 6) is 1.23. The van der Waals surface area contributed by atoms with Gasteiger partial charge in [0.2, 0.25) is 11.8 Å². The first-order valence-corrected chi connectivity index (χ1v) is 9.35. The van der Waals surface area contributed by atoms with Crippen molar-refractivity contribution < 1.29 is 14.3 Å². The number of amides is 2. The molecule has 140 valence electrons. The summed E-state index contributed by atoms with van der Waals surface area (Å²) in [4.78, 5) is 28.7. The first-order chi connectivity index (χ1) is 12.5. The molecular formula is C21H28N2O3. The average Bonchev–Trinajstić information content (AvgIpc) is 2.95. The molecule has 1 spiro atoms. The van der Waals surface area contributed by atoms with Crippen LogP contribution in [0.3, 0.4) is 0 Å². The van der Waals surface area contributed by atoms with Crippen molar-refractivity contribution in [2.24, 2.45) is 5.41 Å². The minimum absolute atomic E-state index is 0.0350. The molecule has 5 heteroatoms. The number of piperidine rings is 1. The van der Waals surface area contributed by atoms with E-state index in [0.717, 1.165) is 43.8 Å². The zero-order valence-corrected chi connectivity index (χ0v) is 15.7. The van der Waals surface area contributed by atoms with Gasteiger partial charge in [-0.3, -0.25) is 9.59 Å². The van der Waals surface area contributed by atoms with Crippen LogP contribution in [-0.4, -0.2) is 48.4 Å². The Morgan fingerprint density at radius 3 is 2.77 bits per heavy atom. The second-order valence-corrected chi connectivity index (χ2v) is 7.43. The Balaban J connectivity index is 1.58. The van der Waals surface area contributed by atoms with Crippen molar-refractivity contribution in [2.75, 3.05) is 26.7 Å². The van der Waals surface area contributed by atoms with Crippen LogP contribution >= 0.6 is 0 Å². The molecular weight excluding hydrogens is 328 g/mol. The molecule has 0 N–H and O–H groups in total. The quantitative estimate of drug-likeness (QED) is 0.762. The first-order valence-electron chi connectivity index (χ1n) is 9.35. The van der Waals surface area contributed by atoms with E-state index in [-0.39, 0.29) is 17.2 Å². The van der Waals surface area contributed by atoms with Gasteiger partial charge in [-0.25, -0.2) is 0 Å². The van der Waals surface area contributed by atoms with Crippen LogP contribution in [0, 0.1) is 5.41 Å². The highest BCUT2D eigenvalue weighted by atomic mass is 16.5. The fourth-order valence-electron chi connectivity index (χ4n) is 4.03. The number of hydrogen-bond donors (Lipinski definition) is 0. The Labute approximate surface area is 155 Å². The molecule has 0 bridgehead atoms. The van der Waals surface area contributed by atoms with Crippen LogP contribution in [0.4, 0.5) is 0 Å². The van der Waals surface area contributed by atoms with Gasteiger partial charge in [0.05, 0.1) is 7.11 Å². The minimum atomic E-state index is 0.0350. The number of rotatable bonds is 5. The third-order valence-corrected chi connectivity index (χ3v) is 5.62. The van der Waals surface area contributed by atoms with Gasteiger partial charge in [0.15, 0.2) is 0 Å². The van der Waals surface area contributed by atoms with Crippen molar-refractivity contribution in [2.45, 2.75) is 39.2 Å². The normalized spacial score (nSPS) is 19.5. The van der Waals surface area contributed by atoms with Gasteiger partial charge in [-0.05, 0) is 37.5 Å². The molecule has 0 aliphatic carbocycles. The maximum Gasteiger partial charge on any atom is 0.226 e. The summed E-state index contributed by atoms with van der Waals surface area (Å²) in [7, 11) is 1.65. The Morgan fingerprint density at radius 2 is 2.08 bits per heavy atom. The lowest BCUT2D eigenvalue weighted by atomic mass is 9.77. The molecule has 0 radical (unpaired) electrons. The molecule has 0 atom stereocenters. The number of carbonyl (C=O) groups excluding carboxylic acids is 2. The largest absolute Gasteiger partial charge is 0.497 e. The van der Waals surface area contributed by atoms with E-state index in [4.69, 9.17) is 4.74 Å². The topological polar surface area (TPSA) is 49.9 Å². The summed E-state index contributed by atoms with van der Waals surface area (Å²) in [6.45, 7) is 4.87. The van der Waals surface area contributed by atoms with Crippen molar-refractivity contribution in [3.63, 3.8) is 0 Å². The molecule has 2 fully saturated rings. The summed E-state index contributed by atoms with van der Waals surface area (Å²) in [6, 6.07) is 7.89. The summed E-state index contributed by atoms with van der Waals surface area (Å²) in [5, 5.41) is 0. The van der Waals surface area contributed by atoms with Gasteiger partial charge in [-0.2, -0.15) is 0 Å². The minimum Gasteiger partial charge on any atom is -0.497 e. The van der Waals surface area contributed by atoms with E-state index in [1.807, 2.05) is 53.1 Å². The Morgan fingerprint density at radius 1 is 1.31 bits per heavy atom. The number of ether oxygens (including phenoxy) is 1. The lowest BCUT2D eigenvalue weighted by Crippen LogP contribution is -2.44. The second-order valence-electron chi connectivity index (χ2n) is 7.43. The third-order valence-electron chi connectivity index (χ3n) is 5.62. The summed E-state index contributed by atoms with van der Waals surface area (Å²) < 4.78 is 5.27. The number of nitrogens with zero attached hydrogens (tertiary/aromatic N) is 2. The fraction of sp³-hybridized carbons (Fsp3) is 0.524. The molecule has 2 aliphatic rings. The smallest absolute Gasteiger partial charge is 0.226 e. The molecule has 26 heavy (non-hydrogen) atoms. The molecule has 1 aromatic carbocycles. The van der Waals surface area contributed by atoms with Crippen molar-refractivity contribution >= 4 is 11.8 Å². The monoisotopic (exact) mass is 356 g/mol. The van der Waals surface area contributed by atoms with Crippen LogP contribution < -0.4 is 4.74 Å². The fourth-order valence-corrected chi connectivity index (χ4v) is 4.03. The van der Waals surface area contributed by atoms with E-state index in [2.05, 4.69) is 0 Å². The van der Waals surface area contributed by atoms with Gasteiger partial charge in [-0.15, -0.1) is 0 Å². The van der Waals surface area contributed by atoms with Gasteiger partial charge < -0.3 is 14.5 Å². The van der Waals surface area contributed by atoms with E-state index in [1.165, 1.54) is 0 Å². The lowest BCUT2D eigenvalue weighted by Gasteiger charge is -2.38. The number of hydrogen-bond acceptors (Lipinski definition) is 3. The van der Waals surface area contributed by atoms with Crippen LogP contribution in [0.15, 0.2) is 36.4 Å². The third kappa shape index (κ3) is 4.09. The molecule has 1 aromatic rings. The van der Waals surface area contributed by atoms with E-state index >= 15 is 0 Å². The number of allylic oxidation sites excluding steroid dienone is 1. The molecule has 5 nitrogen and oxygen atoms in total. The standard InChI is InChI=1S/C21H28N2O3/c1-3-4-8-19(24)22-11-9-21(10-12-22)14-20(25)23(16-21)15-17-6-5-7-18(13-17)26-2/h3-7,13H,8-12,14-16H2,1-2H3. The first kappa shape index (κ1) is 18.5. The van der Waals surface area contributed by atoms with E-state index in [0.29, 0.717) is 19.4 Å². The second kappa shape index (κ2) is 7.94. The van der Waals surface area contributed by atoms with Crippen LogP contribution in [0.5, 0.6) is 5.75 Å². The maximum absolute atomic E-state index is 12.6. The number of benzene rings is 1. The van der Waals surface area contributed by atoms with Crippen LogP contribution in [0.2, 0.25) is 0 Å². The van der Waals surface area contributed by atoms with Gasteiger partial charge >= 0.3 is 0 Å². The van der Waals surface area contributed by atoms with Gasteiger partial charge in [0.1, 0.15) is 5.75 Å². The molecule has 3 rings (SSSR count). The number of methoxy groups -OCH3 is 1. The Bertz CT molecular complexity index is 690. The Kier molecular flexibility index (Phi) is 5.64. The van der Waals surface area contributed by atoms with E-state index < -0.39 is 0 Å². The highest BCUT2D eigenvalue weighted by Gasteiger charge is 2.45. The molecule has 0 saturated carbocycles. The lowest BCUT2D eigenvalue weighted by molar-refractivity contribution is -0.132. The molecule has 0 unspecified atom stereocenters. The molecule has 2 aliphatic heterocycles. The zero-order valence-electron chi connectivity index (χ0n) is 15.7.